The fourth-order valence-electron chi connectivity index (χ4n) is 1.53. The van der Waals surface area contributed by atoms with E-state index in [0.29, 0.717) is 10.8 Å². The van der Waals surface area contributed by atoms with E-state index in [0.717, 1.165) is 11.8 Å². The van der Waals surface area contributed by atoms with E-state index < -0.39 is 24.4 Å². The van der Waals surface area contributed by atoms with Crippen LogP contribution >= 0.6 is 23.4 Å². The molecule has 0 fully saturated rings. The summed E-state index contributed by atoms with van der Waals surface area (Å²) in [4.78, 5) is 0. The normalized spacial score (nSPS) is 12.0. The van der Waals surface area contributed by atoms with Gasteiger partial charge in [-0.1, -0.05) is 23.4 Å². The molecule has 0 bridgehead atoms. The molecule has 124 valence electrons. The monoisotopic (exact) mass is 364 g/mol. The Morgan fingerprint density at radius 3 is 2.61 bits per heavy atom. The number of thioether (sulfide) groups is 1. The molecule has 23 heavy (non-hydrogen) atoms. The van der Waals surface area contributed by atoms with Crippen molar-refractivity contribution in [1.82, 2.24) is 10.2 Å². The maximum atomic E-state index is 12.7. The molecule has 0 amide bonds. The molecule has 0 aliphatic carbocycles. The third-order valence-corrected chi connectivity index (χ3v) is 3.72. The van der Waals surface area contributed by atoms with Crippen LogP contribution in [0.25, 0.3) is 0 Å². The second-order valence-corrected chi connectivity index (χ2v) is 5.87. The first kappa shape index (κ1) is 17.7. The van der Waals surface area contributed by atoms with E-state index >= 15 is 0 Å². The summed E-state index contributed by atoms with van der Waals surface area (Å²) in [5.41, 5.74) is 0. The fraction of sp³-hybridized carbons (Fsp3) is 0.286. The van der Waals surface area contributed by atoms with Crippen molar-refractivity contribution in [3.8, 4) is 5.75 Å². The summed E-state index contributed by atoms with van der Waals surface area (Å²) in [6.07, 6.45) is -3.21. The SMILES string of the molecule is CC(Oc1ccc(Cl)cc1)c1nnc(SCCC(F)=C(F)F)o1. The van der Waals surface area contributed by atoms with Gasteiger partial charge >= 0.3 is 6.08 Å². The zero-order valence-electron chi connectivity index (χ0n) is 11.9. The zero-order chi connectivity index (χ0) is 16.8. The molecule has 1 heterocycles. The average Bonchev–Trinajstić information content (AvgIpc) is 2.98. The number of rotatable bonds is 7. The van der Waals surface area contributed by atoms with Gasteiger partial charge in [-0.05, 0) is 31.2 Å². The first-order valence-electron chi connectivity index (χ1n) is 6.53. The lowest BCUT2D eigenvalue weighted by molar-refractivity contribution is 0.181. The van der Waals surface area contributed by atoms with Crippen LogP contribution in [0.3, 0.4) is 0 Å². The van der Waals surface area contributed by atoms with Crippen molar-refractivity contribution in [2.75, 3.05) is 5.75 Å². The van der Waals surface area contributed by atoms with Gasteiger partial charge in [0.15, 0.2) is 11.9 Å². The quantitative estimate of drug-likeness (QED) is 0.614. The number of nitrogens with zero attached hydrogens (tertiary/aromatic N) is 2. The molecule has 0 radical (unpaired) electrons. The van der Waals surface area contributed by atoms with Crippen molar-refractivity contribution in [3.63, 3.8) is 0 Å². The molecule has 0 aliphatic rings. The van der Waals surface area contributed by atoms with Crippen LogP contribution in [0.15, 0.2) is 45.8 Å². The van der Waals surface area contributed by atoms with Crippen molar-refractivity contribution in [1.29, 1.82) is 0 Å². The lowest BCUT2D eigenvalue weighted by Gasteiger charge is -2.10. The number of benzene rings is 1. The summed E-state index contributed by atoms with van der Waals surface area (Å²) < 4.78 is 47.4. The maximum absolute atomic E-state index is 12.7. The Hall–Kier alpha value is -1.67. The third kappa shape index (κ3) is 5.47. The van der Waals surface area contributed by atoms with E-state index in [1.807, 2.05) is 0 Å². The smallest absolute Gasteiger partial charge is 0.301 e. The Labute approximate surface area is 139 Å². The highest BCUT2D eigenvalue weighted by Crippen LogP contribution is 2.26. The number of hydrogen-bond acceptors (Lipinski definition) is 5. The lowest BCUT2D eigenvalue weighted by Crippen LogP contribution is -2.03. The van der Waals surface area contributed by atoms with Gasteiger partial charge in [0, 0.05) is 17.2 Å². The maximum Gasteiger partial charge on any atom is 0.301 e. The van der Waals surface area contributed by atoms with Crippen molar-refractivity contribution in [3.05, 3.63) is 47.1 Å². The van der Waals surface area contributed by atoms with Gasteiger partial charge in [-0.15, -0.1) is 10.2 Å². The summed E-state index contributed by atoms with van der Waals surface area (Å²) in [6, 6.07) is 6.77. The molecule has 0 saturated heterocycles. The molecule has 0 N–H and O–H groups in total. The van der Waals surface area contributed by atoms with Crippen molar-refractivity contribution < 1.29 is 22.3 Å². The third-order valence-electron chi connectivity index (χ3n) is 2.65. The number of hydrogen-bond donors (Lipinski definition) is 0. The summed E-state index contributed by atoms with van der Waals surface area (Å²) in [5.74, 6) is -0.552. The summed E-state index contributed by atoms with van der Waals surface area (Å²) in [5, 5.41) is 8.33. The van der Waals surface area contributed by atoms with E-state index in [1.165, 1.54) is 0 Å². The largest absolute Gasteiger partial charge is 0.481 e. The Balaban J connectivity index is 1.88. The van der Waals surface area contributed by atoms with Crippen LogP contribution in [-0.4, -0.2) is 16.0 Å². The van der Waals surface area contributed by atoms with Gasteiger partial charge in [0.05, 0.1) is 0 Å². The number of ether oxygens (including phenoxy) is 1. The average molecular weight is 365 g/mol. The minimum atomic E-state index is -2.30. The molecule has 1 unspecified atom stereocenters. The van der Waals surface area contributed by atoms with E-state index in [4.69, 9.17) is 20.8 Å². The van der Waals surface area contributed by atoms with Gasteiger partial charge in [-0.3, -0.25) is 0 Å². The van der Waals surface area contributed by atoms with Crippen LogP contribution in [0.2, 0.25) is 5.02 Å². The highest BCUT2D eigenvalue weighted by molar-refractivity contribution is 7.99. The Bertz CT molecular complexity index is 675. The summed E-state index contributed by atoms with van der Waals surface area (Å²) >= 11 is 6.77. The molecule has 0 saturated carbocycles. The molecular weight excluding hydrogens is 353 g/mol. The minimum absolute atomic E-state index is 0.0667. The van der Waals surface area contributed by atoms with E-state index in [1.54, 1.807) is 31.2 Å². The molecule has 9 heteroatoms. The second kappa shape index (κ2) is 8.26. The fourth-order valence-corrected chi connectivity index (χ4v) is 2.36. The van der Waals surface area contributed by atoms with Crippen molar-refractivity contribution in [2.45, 2.75) is 24.7 Å². The number of allylic oxidation sites excluding steroid dienone is 1. The van der Waals surface area contributed by atoms with E-state index in [9.17, 15) is 13.2 Å². The van der Waals surface area contributed by atoms with Crippen LogP contribution < -0.4 is 4.74 Å². The predicted octanol–water partition coefficient (Wildman–Crippen LogP) is 5.42. The molecule has 2 aromatic rings. The summed E-state index contributed by atoms with van der Waals surface area (Å²) in [6.45, 7) is 1.72. The topological polar surface area (TPSA) is 48.2 Å². The van der Waals surface area contributed by atoms with Gasteiger partial charge in [-0.25, -0.2) is 4.39 Å². The highest BCUT2D eigenvalue weighted by Gasteiger charge is 2.16. The first-order valence-corrected chi connectivity index (χ1v) is 7.90. The molecular formula is C14H12ClF3N2O2S. The van der Waals surface area contributed by atoms with Gasteiger partial charge in [0.25, 0.3) is 11.1 Å². The van der Waals surface area contributed by atoms with Gasteiger partial charge in [0.1, 0.15) is 5.75 Å². The minimum Gasteiger partial charge on any atom is -0.481 e. The standard InChI is InChI=1S/C14H12ClF3N2O2S/c1-8(21-10-4-2-9(15)3-5-10)13-19-20-14(22-13)23-7-6-11(16)12(17)18/h2-5,8H,6-7H2,1H3. The van der Waals surface area contributed by atoms with Crippen LogP contribution in [0.5, 0.6) is 5.75 Å². The molecule has 2 rings (SSSR count). The Morgan fingerprint density at radius 2 is 1.96 bits per heavy atom. The van der Waals surface area contributed by atoms with E-state index in [2.05, 4.69) is 10.2 Å². The van der Waals surface area contributed by atoms with Gasteiger partial charge in [-0.2, -0.15) is 8.78 Å². The number of aromatic nitrogens is 2. The van der Waals surface area contributed by atoms with Crippen molar-refractivity contribution >= 4 is 23.4 Å². The molecule has 0 aliphatic heterocycles. The lowest BCUT2D eigenvalue weighted by atomic mass is 10.3. The van der Waals surface area contributed by atoms with E-state index in [-0.39, 0.29) is 16.9 Å². The Kier molecular flexibility index (Phi) is 6.35. The molecule has 1 aromatic carbocycles. The molecule has 0 spiro atoms. The van der Waals surface area contributed by atoms with Crippen LogP contribution in [-0.2, 0) is 0 Å². The highest BCUT2D eigenvalue weighted by atomic mass is 35.5. The second-order valence-electron chi connectivity index (χ2n) is 4.38. The Morgan fingerprint density at radius 1 is 1.26 bits per heavy atom. The summed E-state index contributed by atoms with van der Waals surface area (Å²) in [7, 11) is 0. The van der Waals surface area contributed by atoms with Crippen LogP contribution in [0.4, 0.5) is 13.2 Å². The molecule has 1 atom stereocenters. The van der Waals surface area contributed by atoms with Crippen molar-refractivity contribution in [2.24, 2.45) is 0 Å². The van der Waals surface area contributed by atoms with Gasteiger partial charge < -0.3 is 9.15 Å². The first-order chi connectivity index (χ1) is 11.0. The molecule has 1 aromatic heterocycles. The number of halogens is 4. The van der Waals surface area contributed by atoms with Gasteiger partial charge in [0.2, 0.25) is 0 Å². The predicted molar refractivity (Wildman–Crippen MR) is 80.5 cm³/mol. The zero-order valence-corrected chi connectivity index (χ0v) is 13.5. The van der Waals surface area contributed by atoms with Crippen LogP contribution in [0.1, 0.15) is 25.3 Å². The molecule has 4 nitrogen and oxygen atoms in total. The van der Waals surface area contributed by atoms with Crippen LogP contribution in [0, 0.1) is 0 Å².